The van der Waals surface area contributed by atoms with Crippen molar-refractivity contribution in [1.82, 2.24) is 9.66 Å². The van der Waals surface area contributed by atoms with Crippen LogP contribution < -0.4 is 11.6 Å². The zero-order valence-electron chi connectivity index (χ0n) is 10.6. The van der Waals surface area contributed by atoms with Crippen molar-refractivity contribution in [1.29, 1.82) is 0 Å². The maximum atomic E-state index is 6.00. The highest BCUT2D eigenvalue weighted by atomic mass is 15.4. The molecule has 0 unspecified atom stereocenters. The van der Waals surface area contributed by atoms with Crippen molar-refractivity contribution in [3.63, 3.8) is 0 Å². The third-order valence-corrected chi connectivity index (χ3v) is 3.57. The summed E-state index contributed by atoms with van der Waals surface area (Å²) in [5, 5.41) is 0. The molecule has 0 spiro atoms. The van der Waals surface area contributed by atoms with Crippen molar-refractivity contribution in [3.05, 3.63) is 35.7 Å². The first-order valence-corrected chi connectivity index (χ1v) is 6.43. The fourth-order valence-corrected chi connectivity index (χ4v) is 2.28. The summed E-state index contributed by atoms with van der Waals surface area (Å²) in [6, 6.07) is 8.53. The number of imidazole rings is 1. The molecule has 4 heteroatoms. The second-order valence-electron chi connectivity index (χ2n) is 4.88. The molecule has 2 aromatic rings. The molecule has 1 saturated carbocycles. The van der Waals surface area contributed by atoms with Gasteiger partial charge in [0.25, 0.3) is 0 Å². The van der Waals surface area contributed by atoms with Gasteiger partial charge in [0.2, 0.25) is 0 Å². The molecule has 1 heterocycles. The molecule has 4 N–H and O–H groups in total. The zero-order chi connectivity index (χ0) is 12.7. The van der Waals surface area contributed by atoms with Crippen LogP contribution in [0.5, 0.6) is 0 Å². The normalized spacial score (nSPS) is 14.9. The first-order chi connectivity index (χ1) is 8.70. The number of hydrogen-bond donors (Lipinski definition) is 2. The van der Waals surface area contributed by atoms with Gasteiger partial charge < -0.3 is 11.6 Å². The molecule has 94 valence electrons. The fraction of sp³-hybridized carbons (Fsp3) is 0.357. The molecule has 0 amide bonds. The SMILES string of the molecule is CCc1nc(-c2ccc(C3CC3)cc2)c(N)n1N. The molecule has 0 aliphatic heterocycles. The highest BCUT2D eigenvalue weighted by Gasteiger charge is 2.23. The summed E-state index contributed by atoms with van der Waals surface area (Å²) in [6.45, 7) is 2.02. The number of benzene rings is 1. The second kappa shape index (κ2) is 4.05. The lowest BCUT2D eigenvalue weighted by molar-refractivity contribution is 0.865. The van der Waals surface area contributed by atoms with Crippen LogP contribution in [0.4, 0.5) is 5.82 Å². The number of rotatable bonds is 3. The minimum absolute atomic E-state index is 0.533. The summed E-state index contributed by atoms with van der Waals surface area (Å²) in [7, 11) is 0. The van der Waals surface area contributed by atoms with Gasteiger partial charge in [-0.1, -0.05) is 31.2 Å². The van der Waals surface area contributed by atoms with Crippen LogP contribution >= 0.6 is 0 Å². The van der Waals surface area contributed by atoms with Gasteiger partial charge in [0.05, 0.1) is 0 Å². The minimum atomic E-state index is 0.533. The van der Waals surface area contributed by atoms with E-state index in [2.05, 4.69) is 29.2 Å². The molecule has 1 fully saturated rings. The van der Waals surface area contributed by atoms with E-state index in [9.17, 15) is 0 Å². The molecule has 3 rings (SSSR count). The van der Waals surface area contributed by atoms with Gasteiger partial charge in [-0.2, -0.15) is 0 Å². The van der Waals surface area contributed by atoms with Crippen molar-refractivity contribution in [2.75, 3.05) is 11.6 Å². The van der Waals surface area contributed by atoms with Crippen LogP contribution in [0, 0.1) is 0 Å². The van der Waals surface area contributed by atoms with E-state index in [0.717, 1.165) is 29.4 Å². The number of nitrogens with two attached hydrogens (primary N) is 2. The Morgan fingerprint density at radius 2 is 1.94 bits per heavy atom. The van der Waals surface area contributed by atoms with Gasteiger partial charge in [-0.25, -0.2) is 9.66 Å². The Morgan fingerprint density at radius 3 is 2.44 bits per heavy atom. The molecule has 1 aliphatic carbocycles. The van der Waals surface area contributed by atoms with Gasteiger partial charge in [-0.15, -0.1) is 0 Å². The van der Waals surface area contributed by atoms with Crippen molar-refractivity contribution < 1.29 is 0 Å². The monoisotopic (exact) mass is 242 g/mol. The Hall–Kier alpha value is -1.97. The van der Waals surface area contributed by atoms with E-state index in [4.69, 9.17) is 11.6 Å². The van der Waals surface area contributed by atoms with E-state index < -0.39 is 0 Å². The fourth-order valence-electron chi connectivity index (χ4n) is 2.28. The number of hydrogen-bond acceptors (Lipinski definition) is 3. The van der Waals surface area contributed by atoms with E-state index in [1.807, 2.05) is 6.92 Å². The van der Waals surface area contributed by atoms with Crippen LogP contribution in [0.15, 0.2) is 24.3 Å². The number of aryl methyl sites for hydroxylation is 1. The number of anilines is 1. The molecule has 0 bridgehead atoms. The van der Waals surface area contributed by atoms with E-state index >= 15 is 0 Å². The first-order valence-electron chi connectivity index (χ1n) is 6.43. The quantitative estimate of drug-likeness (QED) is 0.811. The lowest BCUT2D eigenvalue weighted by atomic mass is 10.1. The molecule has 1 aromatic heterocycles. The average molecular weight is 242 g/mol. The number of nitrogen functional groups attached to an aromatic ring is 2. The van der Waals surface area contributed by atoms with Gasteiger partial charge in [0, 0.05) is 12.0 Å². The molecule has 1 aromatic carbocycles. The summed E-state index contributed by atoms with van der Waals surface area (Å²) in [5.74, 6) is 7.99. The van der Waals surface area contributed by atoms with E-state index in [1.165, 1.54) is 23.1 Å². The largest absolute Gasteiger partial charge is 0.382 e. The predicted molar refractivity (Wildman–Crippen MR) is 73.6 cm³/mol. The minimum Gasteiger partial charge on any atom is -0.382 e. The molecule has 0 radical (unpaired) electrons. The Kier molecular flexibility index (Phi) is 2.51. The van der Waals surface area contributed by atoms with E-state index in [-0.39, 0.29) is 0 Å². The summed E-state index contributed by atoms with van der Waals surface area (Å²) >= 11 is 0. The average Bonchev–Trinajstić information content (AvgIpc) is 3.20. The summed E-state index contributed by atoms with van der Waals surface area (Å²) in [5.41, 5.74) is 9.24. The van der Waals surface area contributed by atoms with Crippen LogP contribution in [0.1, 0.15) is 37.1 Å². The van der Waals surface area contributed by atoms with Crippen molar-refractivity contribution in [2.24, 2.45) is 0 Å². The lowest BCUT2D eigenvalue weighted by Gasteiger charge is -2.02. The third-order valence-electron chi connectivity index (χ3n) is 3.57. The maximum absolute atomic E-state index is 6.00. The highest BCUT2D eigenvalue weighted by molar-refractivity contribution is 5.71. The number of aromatic nitrogens is 2. The molecule has 4 nitrogen and oxygen atoms in total. The van der Waals surface area contributed by atoms with Crippen LogP contribution in [-0.2, 0) is 6.42 Å². The molecule has 1 aliphatic rings. The van der Waals surface area contributed by atoms with Gasteiger partial charge in [0.15, 0.2) is 5.82 Å². The molecule has 18 heavy (non-hydrogen) atoms. The van der Waals surface area contributed by atoms with Crippen LogP contribution in [-0.4, -0.2) is 9.66 Å². The third kappa shape index (κ3) is 1.74. The predicted octanol–water partition coefficient (Wildman–Crippen LogP) is 2.29. The molecular formula is C14H18N4. The van der Waals surface area contributed by atoms with Gasteiger partial charge in [0.1, 0.15) is 11.5 Å². The maximum Gasteiger partial charge on any atom is 0.150 e. The van der Waals surface area contributed by atoms with E-state index in [0.29, 0.717) is 5.82 Å². The summed E-state index contributed by atoms with van der Waals surface area (Å²) < 4.78 is 1.48. The zero-order valence-corrected chi connectivity index (χ0v) is 10.6. The van der Waals surface area contributed by atoms with E-state index in [1.54, 1.807) is 0 Å². The first kappa shape index (κ1) is 11.1. The van der Waals surface area contributed by atoms with Gasteiger partial charge in [-0.05, 0) is 24.3 Å². The van der Waals surface area contributed by atoms with Crippen LogP contribution in [0.2, 0.25) is 0 Å². The van der Waals surface area contributed by atoms with Gasteiger partial charge >= 0.3 is 0 Å². The van der Waals surface area contributed by atoms with Crippen molar-refractivity contribution in [3.8, 4) is 11.3 Å². The Balaban J connectivity index is 1.98. The van der Waals surface area contributed by atoms with Gasteiger partial charge in [-0.3, -0.25) is 0 Å². The standard InChI is InChI=1S/C14H18N4/c1-2-12-17-13(14(15)18(12)16)11-7-5-10(6-8-11)9-3-4-9/h5-9H,2-4,15-16H2,1H3. The van der Waals surface area contributed by atoms with Crippen molar-refractivity contribution in [2.45, 2.75) is 32.1 Å². The molecule has 0 atom stereocenters. The summed E-state index contributed by atoms with van der Waals surface area (Å²) in [4.78, 5) is 4.50. The Bertz CT molecular complexity index is 564. The molecule has 0 saturated heterocycles. The smallest absolute Gasteiger partial charge is 0.150 e. The Morgan fingerprint density at radius 1 is 1.28 bits per heavy atom. The Labute approximate surface area is 107 Å². The summed E-state index contributed by atoms with van der Waals surface area (Å²) in [6.07, 6.45) is 3.42. The molecular weight excluding hydrogens is 224 g/mol. The topological polar surface area (TPSA) is 69.9 Å². The second-order valence-corrected chi connectivity index (χ2v) is 4.88. The van der Waals surface area contributed by atoms with Crippen molar-refractivity contribution >= 4 is 5.82 Å². The highest BCUT2D eigenvalue weighted by Crippen LogP contribution is 2.40. The lowest BCUT2D eigenvalue weighted by Crippen LogP contribution is -2.14. The number of nitrogens with zero attached hydrogens (tertiary/aromatic N) is 2. The van der Waals surface area contributed by atoms with Crippen LogP contribution in [0.25, 0.3) is 11.3 Å². The van der Waals surface area contributed by atoms with Crippen LogP contribution in [0.3, 0.4) is 0 Å².